The van der Waals surface area contributed by atoms with Gasteiger partial charge >= 0.3 is 0 Å². The van der Waals surface area contributed by atoms with E-state index in [9.17, 15) is 4.79 Å². The second-order valence-electron chi connectivity index (χ2n) is 5.58. The molecular formula is C18H19ClN2O2. The van der Waals surface area contributed by atoms with Crippen molar-refractivity contribution in [3.63, 3.8) is 0 Å². The van der Waals surface area contributed by atoms with Crippen molar-refractivity contribution in [2.24, 2.45) is 0 Å². The summed E-state index contributed by atoms with van der Waals surface area (Å²) in [4.78, 5) is 14.6. The van der Waals surface area contributed by atoms with Crippen LogP contribution in [-0.2, 0) is 4.74 Å². The number of amides is 1. The molecule has 1 heterocycles. The minimum absolute atomic E-state index is 0.161. The summed E-state index contributed by atoms with van der Waals surface area (Å²) in [6.45, 7) is 5.10. The molecule has 0 unspecified atom stereocenters. The lowest BCUT2D eigenvalue weighted by Crippen LogP contribution is -2.36. The quantitative estimate of drug-likeness (QED) is 0.932. The number of anilines is 2. The van der Waals surface area contributed by atoms with Crippen LogP contribution >= 0.6 is 11.6 Å². The fraction of sp³-hybridized carbons (Fsp3) is 0.278. The van der Waals surface area contributed by atoms with Gasteiger partial charge in [-0.25, -0.2) is 0 Å². The molecule has 0 spiro atoms. The number of carbonyl (C=O) groups is 1. The van der Waals surface area contributed by atoms with Gasteiger partial charge in [0.1, 0.15) is 0 Å². The standard InChI is InChI=1S/C18H19ClN2O2/c1-13-2-4-14(5-3-13)18(22)20-17-12-15(6-7-16(17)19)21-8-10-23-11-9-21/h2-7,12H,8-11H2,1H3,(H,20,22). The molecule has 1 fully saturated rings. The van der Waals surface area contributed by atoms with Gasteiger partial charge in [-0.15, -0.1) is 0 Å². The van der Waals surface area contributed by atoms with Crippen LogP contribution in [0.2, 0.25) is 5.02 Å². The van der Waals surface area contributed by atoms with Crippen LogP contribution in [0.1, 0.15) is 15.9 Å². The first-order valence-corrected chi connectivity index (χ1v) is 8.01. The largest absolute Gasteiger partial charge is 0.378 e. The maximum absolute atomic E-state index is 12.4. The number of rotatable bonds is 3. The van der Waals surface area contributed by atoms with E-state index in [0.29, 0.717) is 29.5 Å². The van der Waals surface area contributed by atoms with E-state index in [0.717, 1.165) is 24.3 Å². The van der Waals surface area contributed by atoms with Gasteiger partial charge in [0.25, 0.3) is 5.91 Å². The van der Waals surface area contributed by atoms with E-state index < -0.39 is 0 Å². The molecule has 0 bridgehead atoms. The van der Waals surface area contributed by atoms with Crippen molar-refractivity contribution < 1.29 is 9.53 Å². The Morgan fingerprint density at radius 3 is 2.52 bits per heavy atom. The third-order valence-corrected chi connectivity index (χ3v) is 4.22. The van der Waals surface area contributed by atoms with Crippen molar-refractivity contribution in [1.29, 1.82) is 0 Å². The number of halogens is 1. The number of hydrogen-bond acceptors (Lipinski definition) is 3. The molecule has 3 rings (SSSR count). The maximum atomic E-state index is 12.4. The Labute approximate surface area is 141 Å². The van der Waals surface area contributed by atoms with Crippen LogP contribution in [0.25, 0.3) is 0 Å². The Morgan fingerprint density at radius 1 is 1.13 bits per heavy atom. The van der Waals surface area contributed by atoms with Crippen LogP contribution in [0, 0.1) is 6.92 Å². The molecule has 4 nitrogen and oxygen atoms in total. The van der Waals surface area contributed by atoms with Crippen LogP contribution in [0.5, 0.6) is 0 Å². The Bertz CT molecular complexity index is 695. The summed E-state index contributed by atoms with van der Waals surface area (Å²) in [5.41, 5.74) is 3.40. The molecule has 1 aliphatic rings. The molecule has 1 amide bonds. The first kappa shape index (κ1) is 15.8. The predicted octanol–water partition coefficient (Wildman–Crippen LogP) is 3.74. The van der Waals surface area contributed by atoms with Crippen molar-refractivity contribution >= 4 is 28.9 Å². The van der Waals surface area contributed by atoms with E-state index >= 15 is 0 Å². The van der Waals surface area contributed by atoms with Crippen molar-refractivity contribution in [2.75, 3.05) is 36.5 Å². The molecule has 1 saturated heterocycles. The van der Waals surface area contributed by atoms with Crippen LogP contribution in [0.3, 0.4) is 0 Å². The number of carbonyl (C=O) groups excluding carboxylic acids is 1. The van der Waals surface area contributed by atoms with Gasteiger partial charge in [0.15, 0.2) is 0 Å². The van der Waals surface area contributed by atoms with Crippen LogP contribution in [-0.4, -0.2) is 32.2 Å². The lowest BCUT2D eigenvalue weighted by molar-refractivity contribution is 0.102. The Kier molecular flexibility index (Phi) is 4.84. The van der Waals surface area contributed by atoms with Crippen molar-refractivity contribution in [3.05, 3.63) is 58.6 Å². The fourth-order valence-corrected chi connectivity index (χ4v) is 2.69. The second kappa shape index (κ2) is 7.02. The molecule has 0 aliphatic carbocycles. The average Bonchev–Trinajstić information content (AvgIpc) is 2.58. The number of benzene rings is 2. The van der Waals surface area contributed by atoms with Gasteiger partial charge in [0.05, 0.1) is 23.9 Å². The lowest BCUT2D eigenvalue weighted by Gasteiger charge is -2.29. The molecule has 0 aromatic heterocycles. The van der Waals surface area contributed by atoms with Gasteiger partial charge in [-0.1, -0.05) is 29.3 Å². The third-order valence-electron chi connectivity index (χ3n) is 3.89. The van der Waals surface area contributed by atoms with Gasteiger partial charge in [0.2, 0.25) is 0 Å². The number of aryl methyl sites for hydroxylation is 1. The molecule has 0 saturated carbocycles. The van der Waals surface area contributed by atoms with Crippen molar-refractivity contribution in [2.45, 2.75) is 6.92 Å². The smallest absolute Gasteiger partial charge is 0.255 e. The molecular weight excluding hydrogens is 312 g/mol. The zero-order chi connectivity index (χ0) is 16.2. The fourth-order valence-electron chi connectivity index (χ4n) is 2.53. The highest BCUT2D eigenvalue weighted by Crippen LogP contribution is 2.28. The van der Waals surface area contributed by atoms with E-state index in [1.807, 2.05) is 49.4 Å². The zero-order valence-electron chi connectivity index (χ0n) is 13.0. The number of hydrogen-bond donors (Lipinski definition) is 1. The molecule has 1 aliphatic heterocycles. The van der Waals surface area contributed by atoms with E-state index in [4.69, 9.17) is 16.3 Å². The Balaban J connectivity index is 1.78. The summed E-state index contributed by atoms with van der Waals surface area (Å²) in [5, 5.41) is 3.43. The molecule has 120 valence electrons. The summed E-state index contributed by atoms with van der Waals surface area (Å²) < 4.78 is 5.37. The minimum atomic E-state index is -0.161. The van der Waals surface area contributed by atoms with E-state index in [1.165, 1.54) is 0 Å². The van der Waals surface area contributed by atoms with E-state index in [-0.39, 0.29) is 5.91 Å². The molecule has 2 aromatic rings. The number of nitrogens with zero attached hydrogens (tertiary/aromatic N) is 1. The van der Waals surface area contributed by atoms with Crippen molar-refractivity contribution in [1.82, 2.24) is 0 Å². The molecule has 5 heteroatoms. The topological polar surface area (TPSA) is 41.6 Å². The first-order valence-electron chi connectivity index (χ1n) is 7.64. The summed E-state index contributed by atoms with van der Waals surface area (Å²) in [7, 11) is 0. The van der Waals surface area contributed by atoms with Crippen LogP contribution < -0.4 is 10.2 Å². The highest BCUT2D eigenvalue weighted by Gasteiger charge is 2.14. The highest BCUT2D eigenvalue weighted by atomic mass is 35.5. The van der Waals surface area contributed by atoms with Crippen molar-refractivity contribution in [3.8, 4) is 0 Å². The summed E-state index contributed by atoms with van der Waals surface area (Å²) in [5.74, 6) is -0.161. The summed E-state index contributed by atoms with van der Waals surface area (Å²) in [6, 6.07) is 13.2. The molecule has 2 aromatic carbocycles. The highest BCUT2D eigenvalue weighted by molar-refractivity contribution is 6.34. The SMILES string of the molecule is Cc1ccc(C(=O)Nc2cc(N3CCOCC3)ccc2Cl)cc1. The van der Waals surface area contributed by atoms with Crippen LogP contribution in [0.15, 0.2) is 42.5 Å². The van der Waals surface area contributed by atoms with Gasteiger partial charge in [0, 0.05) is 24.3 Å². The maximum Gasteiger partial charge on any atom is 0.255 e. The monoisotopic (exact) mass is 330 g/mol. The van der Waals surface area contributed by atoms with Gasteiger partial charge in [-0.2, -0.15) is 0 Å². The average molecular weight is 331 g/mol. The lowest BCUT2D eigenvalue weighted by atomic mass is 10.1. The van der Waals surface area contributed by atoms with Gasteiger partial charge < -0.3 is 15.0 Å². The van der Waals surface area contributed by atoms with E-state index in [2.05, 4.69) is 10.2 Å². The van der Waals surface area contributed by atoms with Gasteiger partial charge in [-0.05, 0) is 37.3 Å². The zero-order valence-corrected chi connectivity index (χ0v) is 13.8. The molecule has 0 atom stereocenters. The number of morpholine rings is 1. The number of ether oxygens (including phenoxy) is 1. The normalized spacial score (nSPS) is 14.6. The molecule has 1 N–H and O–H groups in total. The Hall–Kier alpha value is -2.04. The predicted molar refractivity (Wildman–Crippen MR) is 93.6 cm³/mol. The minimum Gasteiger partial charge on any atom is -0.378 e. The number of nitrogens with one attached hydrogen (secondary N) is 1. The van der Waals surface area contributed by atoms with E-state index in [1.54, 1.807) is 0 Å². The summed E-state index contributed by atoms with van der Waals surface area (Å²) in [6.07, 6.45) is 0. The molecule has 0 radical (unpaired) electrons. The molecule has 23 heavy (non-hydrogen) atoms. The third kappa shape index (κ3) is 3.84. The second-order valence-corrected chi connectivity index (χ2v) is 5.99. The van der Waals surface area contributed by atoms with Gasteiger partial charge in [-0.3, -0.25) is 4.79 Å². The van der Waals surface area contributed by atoms with Crippen LogP contribution in [0.4, 0.5) is 11.4 Å². The summed E-state index contributed by atoms with van der Waals surface area (Å²) >= 11 is 6.23. The Morgan fingerprint density at radius 2 is 1.83 bits per heavy atom. The first-order chi connectivity index (χ1) is 11.1.